The monoisotopic (exact) mass is 395 g/mol. The molecule has 1 aliphatic rings. The smallest absolute Gasteiger partial charge is 0.328 e. The first-order chi connectivity index (χ1) is 14.1. The van der Waals surface area contributed by atoms with Gasteiger partial charge in [0.15, 0.2) is 0 Å². The highest BCUT2D eigenvalue weighted by Crippen LogP contribution is 2.20. The molecule has 0 aromatic heterocycles. The summed E-state index contributed by atoms with van der Waals surface area (Å²) in [6, 6.07) is 17.3. The zero-order chi connectivity index (χ0) is 20.6. The minimum atomic E-state index is -0.678. The molecule has 1 aliphatic heterocycles. The third-order valence-electron chi connectivity index (χ3n) is 5.30. The number of nitrogens with zero attached hydrogens (tertiary/aromatic N) is 2. The molecule has 0 saturated carbocycles. The summed E-state index contributed by atoms with van der Waals surface area (Å²) >= 11 is 0. The molecule has 1 atom stereocenters. The predicted octanol–water partition coefficient (Wildman–Crippen LogP) is 2.02. The Bertz CT molecular complexity index is 817. The van der Waals surface area contributed by atoms with Gasteiger partial charge >= 0.3 is 5.97 Å². The number of carbonyl (C=O) groups excluding carboxylic acids is 2. The van der Waals surface area contributed by atoms with Gasteiger partial charge in [0.25, 0.3) is 0 Å². The highest BCUT2D eigenvalue weighted by molar-refractivity contribution is 5.85. The SMILES string of the molecule is COC(=O)[C@@H](Cc1ccccc1)NC(=O)CN1CCN(c2ccccc2C)CC1. The van der Waals surface area contributed by atoms with E-state index >= 15 is 0 Å². The van der Waals surface area contributed by atoms with E-state index in [0.29, 0.717) is 6.42 Å². The average Bonchev–Trinajstić information content (AvgIpc) is 2.74. The van der Waals surface area contributed by atoms with Crippen LogP contribution in [0.1, 0.15) is 11.1 Å². The minimum absolute atomic E-state index is 0.152. The fourth-order valence-corrected chi connectivity index (χ4v) is 3.69. The number of hydrogen-bond acceptors (Lipinski definition) is 5. The molecule has 1 saturated heterocycles. The van der Waals surface area contributed by atoms with E-state index in [1.165, 1.54) is 18.4 Å². The molecule has 0 bridgehead atoms. The van der Waals surface area contributed by atoms with E-state index in [1.807, 2.05) is 36.4 Å². The van der Waals surface area contributed by atoms with Crippen LogP contribution in [0.5, 0.6) is 0 Å². The first-order valence-electron chi connectivity index (χ1n) is 10.0. The molecule has 1 fully saturated rings. The molecule has 1 heterocycles. The first kappa shape index (κ1) is 20.9. The Labute approximate surface area is 172 Å². The molecule has 0 radical (unpaired) electrons. The summed E-state index contributed by atoms with van der Waals surface area (Å²) in [6.45, 7) is 5.77. The number of piperazine rings is 1. The summed E-state index contributed by atoms with van der Waals surface area (Å²) in [5.41, 5.74) is 3.50. The Hall–Kier alpha value is -2.86. The van der Waals surface area contributed by atoms with Crippen LogP contribution < -0.4 is 10.2 Å². The van der Waals surface area contributed by atoms with Crippen molar-refractivity contribution in [3.63, 3.8) is 0 Å². The van der Waals surface area contributed by atoms with Gasteiger partial charge in [-0.3, -0.25) is 9.69 Å². The maximum absolute atomic E-state index is 12.6. The maximum atomic E-state index is 12.6. The second-order valence-corrected chi connectivity index (χ2v) is 7.38. The minimum Gasteiger partial charge on any atom is -0.467 e. The Morgan fingerprint density at radius 2 is 1.66 bits per heavy atom. The van der Waals surface area contributed by atoms with Gasteiger partial charge < -0.3 is 15.0 Å². The third-order valence-corrected chi connectivity index (χ3v) is 5.30. The number of esters is 1. The van der Waals surface area contributed by atoms with Crippen molar-refractivity contribution < 1.29 is 14.3 Å². The molecule has 1 amide bonds. The van der Waals surface area contributed by atoms with E-state index in [0.717, 1.165) is 31.7 Å². The first-order valence-corrected chi connectivity index (χ1v) is 10.0. The summed E-state index contributed by atoms with van der Waals surface area (Å²) < 4.78 is 4.88. The van der Waals surface area contributed by atoms with Gasteiger partial charge in [0.05, 0.1) is 13.7 Å². The van der Waals surface area contributed by atoms with Crippen molar-refractivity contribution in [2.75, 3.05) is 44.7 Å². The van der Waals surface area contributed by atoms with E-state index in [4.69, 9.17) is 4.74 Å². The lowest BCUT2D eigenvalue weighted by Gasteiger charge is -2.36. The summed E-state index contributed by atoms with van der Waals surface area (Å²) in [5, 5.41) is 2.85. The van der Waals surface area contributed by atoms with Gasteiger partial charge in [-0.25, -0.2) is 4.79 Å². The molecule has 29 heavy (non-hydrogen) atoms. The molecule has 0 unspecified atom stereocenters. The van der Waals surface area contributed by atoms with Crippen LogP contribution in [-0.2, 0) is 20.7 Å². The molecule has 3 rings (SSSR count). The second kappa shape index (κ2) is 10.1. The number of anilines is 1. The zero-order valence-corrected chi connectivity index (χ0v) is 17.1. The summed E-state index contributed by atoms with van der Waals surface area (Å²) in [4.78, 5) is 29.2. The molecular weight excluding hydrogens is 366 g/mol. The quantitative estimate of drug-likeness (QED) is 0.727. The zero-order valence-electron chi connectivity index (χ0n) is 17.1. The van der Waals surface area contributed by atoms with Gasteiger partial charge in [0.1, 0.15) is 6.04 Å². The number of nitrogens with one attached hydrogen (secondary N) is 1. The van der Waals surface area contributed by atoms with Crippen molar-refractivity contribution in [1.29, 1.82) is 0 Å². The average molecular weight is 396 g/mol. The fourth-order valence-electron chi connectivity index (χ4n) is 3.69. The van der Waals surface area contributed by atoms with Crippen molar-refractivity contribution in [2.45, 2.75) is 19.4 Å². The lowest BCUT2D eigenvalue weighted by atomic mass is 10.1. The van der Waals surface area contributed by atoms with Crippen LogP contribution in [0.3, 0.4) is 0 Å². The Morgan fingerprint density at radius 1 is 1.00 bits per heavy atom. The molecule has 2 aromatic carbocycles. The van der Waals surface area contributed by atoms with E-state index in [9.17, 15) is 9.59 Å². The number of methoxy groups -OCH3 is 1. The Morgan fingerprint density at radius 3 is 2.31 bits per heavy atom. The molecule has 6 heteroatoms. The number of rotatable bonds is 7. The molecule has 1 N–H and O–H groups in total. The van der Waals surface area contributed by atoms with Crippen molar-refractivity contribution in [2.24, 2.45) is 0 Å². The van der Waals surface area contributed by atoms with Crippen molar-refractivity contribution >= 4 is 17.6 Å². The number of ether oxygens (including phenoxy) is 1. The second-order valence-electron chi connectivity index (χ2n) is 7.38. The van der Waals surface area contributed by atoms with Gasteiger partial charge in [-0.1, -0.05) is 48.5 Å². The highest BCUT2D eigenvalue weighted by Gasteiger charge is 2.24. The van der Waals surface area contributed by atoms with Crippen molar-refractivity contribution in [1.82, 2.24) is 10.2 Å². The highest BCUT2D eigenvalue weighted by atomic mass is 16.5. The van der Waals surface area contributed by atoms with Crippen molar-refractivity contribution in [3.05, 3.63) is 65.7 Å². The molecule has 154 valence electrons. The number of amides is 1. The number of hydrogen-bond donors (Lipinski definition) is 1. The fraction of sp³-hybridized carbons (Fsp3) is 0.391. The lowest BCUT2D eigenvalue weighted by Crippen LogP contribution is -2.52. The number of aryl methyl sites for hydroxylation is 1. The number of benzene rings is 2. The standard InChI is InChI=1S/C23H29N3O3/c1-18-8-6-7-11-21(18)26-14-12-25(13-15-26)17-22(27)24-20(23(28)29-2)16-19-9-4-3-5-10-19/h3-11,20H,12-17H2,1-2H3,(H,24,27)/t20-/m1/s1. The van der Waals surface area contributed by atoms with Gasteiger partial charge in [-0.2, -0.15) is 0 Å². The van der Waals surface area contributed by atoms with Crippen LogP contribution in [-0.4, -0.2) is 62.7 Å². The number of carbonyl (C=O) groups is 2. The van der Waals surface area contributed by atoms with Crippen LogP contribution in [0, 0.1) is 6.92 Å². The van der Waals surface area contributed by atoms with Gasteiger partial charge in [-0.15, -0.1) is 0 Å². The summed E-state index contributed by atoms with van der Waals surface area (Å²) in [7, 11) is 1.34. The molecular formula is C23H29N3O3. The molecule has 0 aliphatic carbocycles. The summed E-state index contributed by atoms with van der Waals surface area (Å²) in [6.07, 6.45) is 0.417. The van der Waals surface area contributed by atoms with Gasteiger partial charge in [0, 0.05) is 38.3 Å². The van der Waals surface area contributed by atoms with E-state index < -0.39 is 12.0 Å². The largest absolute Gasteiger partial charge is 0.467 e. The number of para-hydroxylation sites is 1. The van der Waals surface area contributed by atoms with E-state index in [1.54, 1.807) is 0 Å². The van der Waals surface area contributed by atoms with Crippen molar-refractivity contribution in [3.8, 4) is 0 Å². The normalized spacial score (nSPS) is 15.6. The van der Waals surface area contributed by atoms with Crippen LogP contribution in [0.2, 0.25) is 0 Å². The maximum Gasteiger partial charge on any atom is 0.328 e. The molecule has 2 aromatic rings. The van der Waals surface area contributed by atoms with E-state index in [-0.39, 0.29) is 12.5 Å². The van der Waals surface area contributed by atoms with Gasteiger partial charge in [0.2, 0.25) is 5.91 Å². The Kier molecular flexibility index (Phi) is 7.25. The molecule has 6 nitrogen and oxygen atoms in total. The third kappa shape index (κ3) is 5.81. The van der Waals surface area contributed by atoms with Crippen LogP contribution in [0.15, 0.2) is 54.6 Å². The predicted molar refractivity (Wildman–Crippen MR) is 114 cm³/mol. The van der Waals surface area contributed by atoms with Gasteiger partial charge in [-0.05, 0) is 24.1 Å². The topological polar surface area (TPSA) is 61.9 Å². The summed E-state index contributed by atoms with van der Waals surface area (Å²) in [5.74, 6) is -0.577. The lowest BCUT2D eigenvalue weighted by molar-refractivity contribution is -0.145. The Balaban J connectivity index is 1.51. The van der Waals surface area contributed by atoms with Crippen LogP contribution >= 0.6 is 0 Å². The van der Waals surface area contributed by atoms with E-state index in [2.05, 4.69) is 40.2 Å². The molecule has 0 spiro atoms. The van der Waals surface area contributed by atoms with Crippen LogP contribution in [0.4, 0.5) is 5.69 Å². The van der Waals surface area contributed by atoms with Crippen LogP contribution in [0.25, 0.3) is 0 Å².